The Balaban J connectivity index is 2.14. The fourth-order valence-corrected chi connectivity index (χ4v) is 4.15. The largest absolute Gasteiger partial charge is 0.330 e. The molecule has 1 unspecified atom stereocenters. The number of piperazine rings is 1. The van der Waals surface area contributed by atoms with Crippen LogP contribution in [0.1, 0.15) is 46.0 Å². The average molecular weight is 239 g/mol. The van der Waals surface area contributed by atoms with Crippen molar-refractivity contribution in [1.82, 2.24) is 9.80 Å². The first-order chi connectivity index (χ1) is 8.04. The van der Waals surface area contributed by atoms with Gasteiger partial charge in [0.25, 0.3) is 0 Å². The quantitative estimate of drug-likeness (QED) is 0.813. The number of rotatable bonds is 3. The summed E-state index contributed by atoms with van der Waals surface area (Å²) in [4.78, 5) is 5.29. The molecule has 0 aromatic carbocycles. The molecule has 100 valence electrons. The summed E-state index contributed by atoms with van der Waals surface area (Å²) in [5.41, 5.74) is 6.12. The first kappa shape index (κ1) is 13.3. The summed E-state index contributed by atoms with van der Waals surface area (Å²) in [6.45, 7) is 8.01. The van der Waals surface area contributed by atoms with Crippen molar-refractivity contribution in [2.75, 3.05) is 26.7 Å². The van der Waals surface area contributed by atoms with Gasteiger partial charge in [-0.05, 0) is 46.7 Å². The maximum Gasteiger partial charge on any atom is 0.0286 e. The second-order valence-corrected chi connectivity index (χ2v) is 6.59. The summed E-state index contributed by atoms with van der Waals surface area (Å²) in [7, 11) is 2.25. The summed E-state index contributed by atoms with van der Waals surface area (Å²) < 4.78 is 0. The van der Waals surface area contributed by atoms with Gasteiger partial charge in [-0.15, -0.1) is 0 Å². The third kappa shape index (κ3) is 2.83. The Hall–Kier alpha value is -0.120. The van der Waals surface area contributed by atoms with Crippen LogP contribution in [0.2, 0.25) is 0 Å². The van der Waals surface area contributed by atoms with Crippen LogP contribution in [0.15, 0.2) is 0 Å². The fourth-order valence-electron chi connectivity index (χ4n) is 4.15. The molecule has 1 aliphatic heterocycles. The third-order valence-corrected chi connectivity index (χ3v) is 4.49. The van der Waals surface area contributed by atoms with E-state index in [4.69, 9.17) is 5.73 Å². The van der Waals surface area contributed by atoms with E-state index in [0.717, 1.165) is 19.0 Å². The predicted octanol–water partition coefficient (Wildman–Crippen LogP) is 1.67. The predicted molar refractivity (Wildman–Crippen MR) is 73.1 cm³/mol. The molecule has 1 atom stereocenters. The van der Waals surface area contributed by atoms with Crippen molar-refractivity contribution in [2.24, 2.45) is 5.73 Å². The lowest BCUT2D eigenvalue weighted by Crippen LogP contribution is -2.65. The zero-order valence-corrected chi connectivity index (χ0v) is 11.8. The van der Waals surface area contributed by atoms with Gasteiger partial charge in [-0.25, -0.2) is 0 Å². The van der Waals surface area contributed by atoms with Crippen molar-refractivity contribution in [3.8, 4) is 0 Å². The highest BCUT2D eigenvalue weighted by Crippen LogP contribution is 2.34. The van der Waals surface area contributed by atoms with Crippen molar-refractivity contribution < 1.29 is 0 Å². The van der Waals surface area contributed by atoms with Gasteiger partial charge in [-0.2, -0.15) is 0 Å². The van der Waals surface area contributed by atoms with Crippen LogP contribution in [0, 0.1) is 0 Å². The lowest BCUT2D eigenvalue weighted by atomic mass is 9.90. The van der Waals surface area contributed by atoms with E-state index in [1.54, 1.807) is 0 Å². The van der Waals surface area contributed by atoms with Gasteiger partial charge in [-0.3, -0.25) is 4.90 Å². The molecule has 3 heteroatoms. The molecule has 2 N–H and O–H groups in total. The molecule has 17 heavy (non-hydrogen) atoms. The van der Waals surface area contributed by atoms with E-state index in [-0.39, 0.29) is 0 Å². The summed E-state index contributed by atoms with van der Waals surface area (Å²) in [5, 5.41) is 0. The molecule has 1 saturated carbocycles. The van der Waals surface area contributed by atoms with E-state index in [0.29, 0.717) is 11.6 Å². The zero-order chi connectivity index (χ0) is 12.5. The average Bonchev–Trinajstić information content (AvgIpc) is 2.68. The Bertz CT molecular complexity index is 246. The zero-order valence-electron chi connectivity index (χ0n) is 11.8. The summed E-state index contributed by atoms with van der Waals surface area (Å²) in [6.07, 6.45) is 6.78. The number of hydrogen-bond acceptors (Lipinski definition) is 3. The molecule has 0 aromatic rings. The van der Waals surface area contributed by atoms with Crippen LogP contribution in [0.25, 0.3) is 0 Å². The molecule has 1 saturated heterocycles. The molecule has 0 radical (unpaired) electrons. The Morgan fingerprint density at radius 3 is 2.47 bits per heavy atom. The molecular formula is C14H29N3. The topological polar surface area (TPSA) is 32.5 Å². The van der Waals surface area contributed by atoms with Crippen LogP contribution in [-0.4, -0.2) is 54.1 Å². The Labute approximate surface area is 106 Å². The first-order valence-electron chi connectivity index (χ1n) is 7.21. The second-order valence-electron chi connectivity index (χ2n) is 6.59. The van der Waals surface area contributed by atoms with Crippen molar-refractivity contribution in [3.05, 3.63) is 0 Å². The molecule has 0 bridgehead atoms. The van der Waals surface area contributed by atoms with Gasteiger partial charge in [0, 0.05) is 30.7 Å². The standard InChI is InChI=1S/C14H29N3/c1-14(2)11-16(3)10-13(8-9-15)17(14)12-6-4-5-7-12/h12-13H,4-11,15H2,1-3H3. The van der Waals surface area contributed by atoms with E-state index in [2.05, 4.69) is 30.7 Å². The monoisotopic (exact) mass is 239 g/mol. The van der Waals surface area contributed by atoms with Crippen LogP contribution >= 0.6 is 0 Å². The van der Waals surface area contributed by atoms with E-state index in [9.17, 15) is 0 Å². The third-order valence-electron chi connectivity index (χ3n) is 4.49. The minimum Gasteiger partial charge on any atom is -0.330 e. The number of likely N-dealkylation sites (N-methyl/N-ethyl adjacent to an activating group) is 1. The van der Waals surface area contributed by atoms with Gasteiger partial charge >= 0.3 is 0 Å². The van der Waals surface area contributed by atoms with E-state index in [1.807, 2.05) is 0 Å². The maximum atomic E-state index is 5.81. The van der Waals surface area contributed by atoms with Crippen molar-refractivity contribution in [3.63, 3.8) is 0 Å². The van der Waals surface area contributed by atoms with Crippen LogP contribution in [-0.2, 0) is 0 Å². The second kappa shape index (κ2) is 5.25. The van der Waals surface area contributed by atoms with Gasteiger partial charge in [0.15, 0.2) is 0 Å². The lowest BCUT2D eigenvalue weighted by Gasteiger charge is -2.54. The highest BCUT2D eigenvalue weighted by molar-refractivity contribution is 4.99. The molecule has 0 spiro atoms. The molecule has 2 aliphatic rings. The van der Waals surface area contributed by atoms with Gasteiger partial charge in [0.1, 0.15) is 0 Å². The van der Waals surface area contributed by atoms with E-state index >= 15 is 0 Å². The molecule has 1 aliphatic carbocycles. The molecule has 3 nitrogen and oxygen atoms in total. The lowest BCUT2D eigenvalue weighted by molar-refractivity contribution is -0.0469. The number of nitrogens with zero attached hydrogens (tertiary/aromatic N) is 2. The van der Waals surface area contributed by atoms with Crippen LogP contribution < -0.4 is 5.73 Å². The Kier molecular flexibility index (Phi) is 4.11. The SMILES string of the molecule is CN1CC(CCN)N(C2CCCC2)C(C)(C)C1. The van der Waals surface area contributed by atoms with Crippen molar-refractivity contribution in [1.29, 1.82) is 0 Å². The van der Waals surface area contributed by atoms with Gasteiger partial charge in [0.2, 0.25) is 0 Å². The summed E-state index contributed by atoms with van der Waals surface area (Å²) in [5.74, 6) is 0. The Morgan fingerprint density at radius 2 is 1.88 bits per heavy atom. The smallest absolute Gasteiger partial charge is 0.0286 e. The number of hydrogen-bond donors (Lipinski definition) is 1. The summed E-state index contributed by atoms with van der Waals surface area (Å²) in [6, 6.07) is 1.48. The molecule has 2 fully saturated rings. The van der Waals surface area contributed by atoms with Crippen LogP contribution in [0.5, 0.6) is 0 Å². The minimum absolute atomic E-state index is 0.307. The van der Waals surface area contributed by atoms with Gasteiger partial charge < -0.3 is 10.6 Å². The minimum atomic E-state index is 0.307. The fraction of sp³-hybridized carbons (Fsp3) is 1.00. The normalized spacial score (nSPS) is 32.1. The maximum absolute atomic E-state index is 5.81. The Morgan fingerprint density at radius 1 is 1.24 bits per heavy atom. The molecule has 2 rings (SSSR count). The molecule has 0 amide bonds. The highest BCUT2D eigenvalue weighted by atomic mass is 15.3. The van der Waals surface area contributed by atoms with Crippen LogP contribution in [0.4, 0.5) is 0 Å². The number of nitrogens with two attached hydrogens (primary N) is 1. The molecule has 1 heterocycles. The molecular weight excluding hydrogens is 210 g/mol. The highest BCUT2D eigenvalue weighted by Gasteiger charge is 2.42. The van der Waals surface area contributed by atoms with Crippen LogP contribution in [0.3, 0.4) is 0 Å². The van der Waals surface area contributed by atoms with E-state index < -0.39 is 0 Å². The summed E-state index contributed by atoms with van der Waals surface area (Å²) >= 11 is 0. The van der Waals surface area contributed by atoms with Crippen molar-refractivity contribution in [2.45, 2.75) is 63.6 Å². The molecule has 0 aromatic heterocycles. The first-order valence-corrected chi connectivity index (χ1v) is 7.21. The van der Waals surface area contributed by atoms with E-state index in [1.165, 1.54) is 38.8 Å². The van der Waals surface area contributed by atoms with Crippen molar-refractivity contribution >= 4 is 0 Å². The van der Waals surface area contributed by atoms with Gasteiger partial charge in [0.05, 0.1) is 0 Å². The van der Waals surface area contributed by atoms with Gasteiger partial charge in [-0.1, -0.05) is 12.8 Å².